The zero-order valence-corrected chi connectivity index (χ0v) is 18.4. The van der Waals surface area contributed by atoms with Crippen LogP contribution in [0.25, 0.3) is 0 Å². The van der Waals surface area contributed by atoms with E-state index in [0.717, 1.165) is 34.5 Å². The van der Waals surface area contributed by atoms with Crippen LogP contribution < -0.4 is 16.4 Å². The summed E-state index contributed by atoms with van der Waals surface area (Å²) in [5, 5.41) is 6.35. The van der Waals surface area contributed by atoms with Gasteiger partial charge in [0.2, 0.25) is 0 Å². The Kier molecular flexibility index (Phi) is 11.5. The fourth-order valence-corrected chi connectivity index (χ4v) is 2.71. The van der Waals surface area contributed by atoms with Crippen molar-refractivity contribution in [3.63, 3.8) is 0 Å². The zero-order valence-electron chi connectivity index (χ0n) is 15.9. The van der Waals surface area contributed by atoms with Crippen LogP contribution in [0.4, 0.5) is 11.4 Å². The van der Waals surface area contributed by atoms with Crippen molar-refractivity contribution in [2.75, 3.05) is 22.9 Å². The maximum atomic E-state index is 12.6. The number of nitrogens with two attached hydrogens (primary N) is 1. The summed E-state index contributed by atoms with van der Waals surface area (Å²) in [7, 11) is 0. The summed E-state index contributed by atoms with van der Waals surface area (Å²) < 4.78 is 0. The number of aryl methyl sites for hydroxylation is 2. The van der Waals surface area contributed by atoms with Crippen molar-refractivity contribution < 1.29 is 4.79 Å². The van der Waals surface area contributed by atoms with E-state index in [1.54, 1.807) is 0 Å². The minimum atomic E-state index is -0.113. The summed E-state index contributed by atoms with van der Waals surface area (Å²) in [4.78, 5) is 12.6. The van der Waals surface area contributed by atoms with E-state index in [9.17, 15) is 4.79 Å². The van der Waals surface area contributed by atoms with E-state index in [0.29, 0.717) is 17.9 Å². The molecule has 2 aromatic rings. The number of anilines is 2. The lowest BCUT2D eigenvalue weighted by atomic mass is 10.0. The molecule has 2 aromatic carbocycles. The molecule has 0 spiro atoms. The van der Waals surface area contributed by atoms with Crippen LogP contribution in [0.1, 0.15) is 34.0 Å². The Morgan fingerprint density at radius 3 is 2.48 bits per heavy atom. The number of rotatable bonds is 7. The molecular formula is C20H29Cl2N3OS. The molecule has 7 heteroatoms. The van der Waals surface area contributed by atoms with Gasteiger partial charge in [-0.05, 0) is 55.2 Å². The van der Waals surface area contributed by atoms with Gasteiger partial charge in [0, 0.05) is 35.3 Å². The van der Waals surface area contributed by atoms with Gasteiger partial charge in [0.1, 0.15) is 0 Å². The van der Waals surface area contributed by atoms with Gasteiger partial charge < -0.3 is 16.4 Å². The highest BCUT2D eigenvalue weighted by molar-refractivity contribution is 7.80. The van der Waals surface area contributed by atoms with Crippen molar-refractivity contribution in [2.24, 2.45) is 5.73 Å². The quantitative estimate of drug-likeness (QED) is 0.484. The molecule has 0 aliphatic rings. The number of carbonyl (C=O) groups excluding carboxylic acids is 1. The third kappa shape index (κ3) is 6.92. The standard InChI is InChI=1S/C20H27N3OS.2ClH/c1-4-15-8-9-16(10-19(15)22-11-17(21)12-25)20(24)23-18-7-5-6-13(2)14(18)3;;/h5-10,17,22,25H,4,11-12,21H2,1-3H3,(H,23,24);2*1H. The number of thiol groups is 1. The van der Waals surface area contributed by atoms with Crippen LogP contribution in [0.15, 0.2) is 36.4 Å². The van der Waals surface area contributed by atoms with Crippen LogP contribution >= 0.6 is 37.4 Å². The van der Waals surface area contributed by atoms with Crippen LogP contribution in [0.2, 0.25) is 0 Å². The number of hydrogen-bond acceptors (Lipinski definition) is 4. The summed E-state index contributed by atoms with van der Waals surface area (Å²) in [5.74, 6) is 0.499. The highest BCUT2D eigenvalue weighted by atomic mass is 35.5. The third-order valence-corrected chi connectivity index (χ3v) is 4.86. The van der Waals surface area contributed by atoms with Crippen LogP contribution in [-0.4, -0.2) is 24.2 Å². The average molecular weight is 430 g/mol. The normalized spacial score (nSPS) is 11.0. The van der Waals surface area contributed by atoms with Gasteiger partial charge >= 0.3 is 0 Å². The first-order valence-corrected chi connectivity index (χ1v) is 9.20. The van der Waals surface area contributed by atoms with E-state index in [-0.39, 0.29) is 36.8 Å². The maximum Gasteiger partial charge on any atom is 0.255 e. The van der Waals surface area contributed by atoms with Crippen molar-refractivity contribution in [3.8, 4) is 0 Å². The van der Waals surface area contributed by atoms with Gasteiger partial charge in [-0.2, -0.15) is 12.6 Å². The number of carbonyl (C=O) groups is 1. The van der Waals surface area contributed by atoms with Crippen LogP contribution in [0.3, 0.4) is 0 Å². The number of hydrogen-bond donors (Lipinski definition) is 4. The molecule has 0 radical (unpaired) electrons. The van der Waals surface area contributed by atoms with Gasteiger partial charge in [-0.25, -0.2) is 0 Å². The lowest BCUT2D eigenvalue weighted by Gasteiger charge is -2.16. The van der Waals surface area contributed by atoms with Gasteiger partial charge in [-0.1, -0.05) is 25.1 Å². The summed E-state index contributed by atoms with van der Waals surface area (Å²) in [6.45, 7) is 6.76. The Balaban J connectivity index is 0.00000338. The molecule has 150 valence electrons. The minimum Gasteiger partial charge on any atom is -0.383 e. The highest BCUT2D eigenvalue weighted by Crippen LogP contribution is 2.22. The minimum absolute atomic E-state index is 0. The molecule has 1 amide bonds. The molecule has 0 bridgehead atoms. The summed E-state index contributed by atoms with van der Waals surface area (Å²) >= 11 is 4.21. The van der Waals surface area contributed by atoms with Gasteiger partial charge in [0.15, 0.2) is 0 Å². The SMILES string of the molecule is CCc1ccc(C(=O)Nc2cccc(C)c2C)cc1NCC(N)CS.Cl.Cl. The smallest absolute Gasteiger partial charge is 0.255 e. The van der Waals surface area contributed by atoms with Gasteiger partial charge in [-0.15, -0.1) is 24.8 Å². The Morgan fingerprint density at radius 1 is 1.15 bits per heavy atom. The van der Waals surface area contributed by atoms with Crippen molar-refractivity contribution in [2.45, 2.75) is 33.2 Å². The number of nitrogens with one attached hydrogen (secondary N) is 2. The number of amides is 1. The molecular weight excluding hydrogens is 401 g/mol. The second-order valence-electron chi connectivity index (χ2n) is 6.25. The molecule has 1 atom stereocenters. The van der Waals surface area contributed by atoms with Gasteiger partial charge in [-0.3, -0.25) is 4.79 Å². The Labute approximate surface area is 179 Å². The second kappa shape index (κ2) is 12.1. The largest absolute Gasteiger partial charge is 0.383 e. The van der Waals surface area contributed by atoms with Crippen molar-refractivity contribution in [3.05, 3.63) is 58.7 Å². The van der Waals surface area contributed by atoms with Gasteiger partial charge in [0.05, 0.1) is 0 Å². The molecule has 0 aliphatic heterocycles. The first-order chi connectivity index (χ1) is 12.0. The molecule has 4 N–H and O–H groups in total. The molecule has 0 fully saturated rings. The molecule has 0 heterocycles. The summed E-state index contributed by atoms with van der Waals surface area (Å²) in [6, 6.07) is 11.6. The van der Waals surface area contributed by atoms with Crippen molar-refractivity contribution >= 4 is 54.7 Å². The molecule has 0 aromatic heterocycles. The fourth-order valence-electron chi connectivity index (χ4n) is 2.58. The molecule has 1 unspecified atom stereocenters. The molecule has 27 heavy (non-hydrogen) atoms. The molecule has 0 aliphatic carbocycles. The van der Waals surface area contributed by atoms with Crippen LogP contribution in [0, 0.1) is 13.8 Å². The highest BCUT2D eigenvalue weighted by Gasteiger charge is 2.12. The maximum absolute atomic E-state index is 12.6. The predicted molar refractivity (Wildman–Crippen MR) is 125 cm³/mol. The first kappa shape index (κ1) is 25.6. The zero-order chi connectivity index (χ0) is 18.4. The average Bonchev–Trinajstić information content (AvgIpc) is 2.63. The van der Waals surface area contributed by atoms with Crippen molar-refractivity contribution in [1.29, 1.82) is 0 Å². The first-order valence-electron chi connectivity index (χ1n) is 8.57. The molecule has 0 saturated heterocycles. The van der Waals surface area contributed by atoms with Crippen LogP contribution in [-0.2, 0) is 6.42 Å². The van der Waals surface area contributed by atoms with E-state index in [2.05, 4.69) is 30.2 Å². The Hall–Kier alpha value is -1.40. The summed E-state index contributed by atoms with van der Waals surface area (Å²) in [6.07, 6.45) is 0.886. The molecule has 2 rings (SSSR count). The van der Waals surface area contributed by atoms with E-state index >= 15 is 0 Å². The Bertz CT molecular complexity index is 756. The number of benzene rings is 2. The van der Waals surface area contributed by atoms with Crippen LogP contribution in [0.5, 0.6) is 0 Å². The number of halogens is 2. The summed E-state index contributed by atoms with van der Waals surface area (Å²) in [5.41, 5.74) is 11.7. The van der Waals surface area contributed by atoms with Crippen molar-refractivity contribution in [1.82, 2.24) is 0 Å². The third-order valence-electron chi connectivity index (χ3n) is 4.39. The fraction of sp³-hybridized carbons (Fsp3) is 0.350. The van der Waals surface area contributed by atoms with E-state index in [4.69, 9.17) is 5.73 Å². The van der Waals surface area contributed by atoms with Gasteiger partial charge in [0.25, 0.3) is 5.91 Å². The Morgan fingerprint density at radius 2 is 1.85 bits per heavy atom. The predicted octanol–water partition coefficient (Wildman–Crippen LogP) is 4.63. The molecule has 0 saturated carbocycles. The second-order valence-corrected chi connectivity index (χ2v) is 6.62. The molecule has 4 nitrogen and oxygen atoms in total. The monoisotopic (exact) mass is 429 g/mol. The van der Waals surface area contributed by atoms with E-state index in [1.807, 2.05) is 50.2 Å². The lowest BCUT2D eigenvalue weighted by Crippen LogP contribution is -2.31. The lowest BCUT2D eigenvalue weighted by molar-refractivity contribution is 0.102. The topological polar surface area (TPSA) is 67.2 Å². The van der Waals surface area contributed by atoms with E-state index in [1.165, 1.54) is 0 Å². The van der Waals surface area contributed by atoms with E-state index < -0.39 is 0 Å².